The molecule has 0 unspecified atom stereocenters. The van der Waals surface area contributed by atoms with E-state index in [2.05, 4.69) is 10.4 Å². The number of carbonyl (C=O) groups excluding carboxylic acids is 1. The normalized spacial score (nSPS) is 10.2. The molecule has 3 aromatic rings. The van der Waals surface area contributed by atoms with Crippen LogP contribution in [0, 0.1) is 13.8 Å². The number of aromatic nitrogens is 2. The Kier molecular flexibility index (Phi) is 7.40. The van der Waals surface area contributed by atoms with Gasteiger partial charge in [0.2, 0.25) is 0 Å². The summed E-state index contributed by atoms with van der Waals surface area (Å²) in [5.41, 5.74) is 4.29. The molecule has 0 aliphatic heterocycles. The lowest BCUT2D eigenvalue weighted by molar-refractivity contribution is 0.223. The van der Waals surface area contributed by atoms with Crippen molar-refractivity contribution >= 4 is 11.7 Å². The van der Waals surface area contributed by atoms with Gasteiger partial charge in [0.05, 0.1) is 24.0 Å². The minimum atomic E-state index is -0.436. The van der Waals surface area contributed by atoms with E-state index in [0.29, 0.717) is 11.4 Å². The zero-order chi connectivity index (χ0) is 21.0. The quantitative estimate of drug-likeness (QED) is 0.322. The zero-order valence-electron chi connectivity index (χ0n) is 17.7. The van der Waals surface area contributed by atoms with Crippen molar-refractivity contribution in [3.63, 3.8) is 0 Å². The molecule has 2 aromatic carbocycles. The van der Waals surface area contributed by atoms with Crippen LogP contribution in [0.25, 0.3) is 5.69 Å². The van der Waals surface area contributed by atoms with Crippen LogP contribution in [0.15, 0.2) is 48.7 Å². The van der Waals surface area contributed by atoms with E-state index >= 15 is 0 Å². The number of hydrogen-bond acceptors (Lipinski definition) is 6. The Balaban J connectivity index is 0.00000320. The third-order valence-corrected chi connectivity index (χ3v) is 4.52. The summed E-state index contributed by atoms with van der Waals surface area (Å²) in [6.45, 7) is 4.20. The molecular formula is C21H28N6O3. The van der Waals surface area contributed by atoms with E-state index in [0.717, 1.165) is 33.3 Å². The summed E-state index contributed by atoms with van der Waals surface area (Å²) in [7, 11) is 3.05. The molecule has 0 spiro atoms. The number of ether oxygens (including phenoxy) is 2. The number of hydrogen-bond donors (Lipinski definition) is 3. The molecule has 3 rings (SSSR count). The Hall–Kier alpha value is -3.56. The molecule has 0 saturated heterocycles. The molecule has 2 amide bonds. The van der Waals surface area contributed by atoms with Gasteiger partial charge in [0.15, 0.2) is 0 Å². The Morgan fingerprint density at radius 1 is 1.20 bits per heavy atom. The van der Waals surface area contributed by atoms with Crippen molar-refractivity contribution in [1.29, 1.82) is 0 Å². The largest absolute Gasteiger partial charge is 0.496 e. The number of nitrogens with zero attached hydrogens (tertiary/aromatic N) is 3. The van der Waals surface area contributed by atoms with Crippen molar-refractivity contribution in [3.8, 4) is 17.2 Å². The number of amides is 2. The first-order chi connectivity index (χ1) is 13.9. The Morgan fingerprint density at radius 3 is 2.57 bits per heavy atom. The van der Waals surface area contributed by atoms with Gasteiger partial charge in [0, 0.05) is 18.9 Å². The van der Waals surface area contributed by atoms with Crippen LogP contribution in [0.4, 0.5) is 10.5 Å². The van der Waals surface area contributed by atoms with Gasteiger partial charge in [0.1, 0.15) is 18.1 Å². The van der Waals surface area contributed by atoms with E-state index in [1.54, 1.807) is 25.4 Å². The van der Waals surface area contributed by atoms with Crippen LogP contribution < -0.4 is 26.8 Å². The van der Waals surface area contributed by atoms with Crippen LogP contribution in [0.5, 0.6) is 11.5 Å². The molecule has 1 heterocycles. The standard InChI is InChI=1S/C21H25N5O3.H3N/c1-14-12-16(26-15(2)10-11-23-26)8-9-19(14)29-13-17-18(24-21(27)25(3)22)6-5-7-20(17)28-4;/h5-12H,13,22H2,1-4H3,(H,24,27);1H3. The van der Waals surface area contributed by atoms with Gasteiger partial charge in [-0.15, -0.1) is 0 Å². The second-order valence-electron chi connectivity index (χ2n) is 6.65. The lowest BCUT2D eigenvalue weighted by atomic mass is 10.1. The molecule has 6 N–H and O–H groups in total. The summed E-state index contributed by atoms with van der Waals surface area (Å²) >= 11 is 0. The van der Waals surface area contributed by atoms with E-state index in [1.165, 1.54) is 7.05 Å². The summed E-state index contributed by atoms with van der Waals surface area (Å²) in [5, 5.41) is 8.07. The number of methoxy groups -OCH3 is 1. The van der Waals surface area contributed by atoms with Gasteiger partial charge in [-0.1, -0.05) is 6.07 Å². The third kappa shape index (κ3) is 4.88. The molecule has 0 saturated carbocycles. The Labute approximate surface area is 175 Å². The number of carbonyl (C=O) groups is 1. The van der Waals surface area contributed by atoms with Crippen LogP contribution in [-0.2, 0) is 6.61 Å². The van der Waals surface area contributed by atoms with Crippen LogP contribution in [-0.4, -0.2) is 35.0 Å². The van der Waals surface area contributed by atoms with Crippen molar-refractivity contribution in [2.24, 2.45) is 5.84 Å². The predicted molar refractivity (Wildman–Crippen MR) is 116 cm³/mol. The topological polar surface area (TPSA) is 130 Å². The van der Waals surface area contributed by atoms with Crippen molar-refractivity contribution in [2.45, 2.75) is 20.5 Å². The second-order valence-corrected chi connectivity index (χ2v) is 6.65. The van der Waals surface area contributed by atoms with E-state index in [1.807, 2.05) is 48.9 Å². The predicted octanol–water partition coefficient (Wildman–Crippen LogP) is 3.58. The van der Waals surface area contributed by atoms with Gasteiger partial charge in [-0.05, 0) is 55.8 Å². The van der Waals surface area contributed by atoms with Gasteiger partial charge in [-0.3, -0.25) is 5.01 Å². The molecule has 0 aliphatic carbocycles. The fraction of sp³-hybridized carbons (Fsp3) is 0.238. The second kappa shape index (κ2) is 9.77. The zero-order valence-corrected chi connectivity index (χ0v) is 17.7. The van der Waals surface area contributed by atoms with Crippen molar-refractivity contribution in [2.75, 3.05) is 19.5 Å². The molecule has 0 aliphatic rings. The van der Waals surface area contributed by atoms with Crippen LogP contribution in [0.3, 0.4) is 0 Å². The molecule has 9 heteroatoms. The van der Waals surface area contributed by atoms with Gasteiger partial charge in [0.25, 0.3) is 0 Å². The first kappa shape index (κ1) is 22.7. The van der Waals surface area contributed by atoms with Gasteiger partial charge in [-0.2, -0.15) is 5.10 Å². The fourth-order valence-corrected chi connectivity index (χ4v) is 2.94. The first-order valence-electron chi connectivity index (χ1n) is 9.10. The maximum absolute atomic E-state index is 12.0. The number of nitrogens with one attached hydrogen (secondary N) is 1. The molecule has 9 nitrogen and oxygen atoms in total. The van der Waals surface area contributed by atoms with E-state index < -0.39 is 6.03 Å². The fourth-order valence-electron chi connectivity index (χ4n) is 2.94. The Morgan fingerprint density at radius 2 is 1.97 bits per heavy atom. The van der Waals surface area contributed by atoms with Crippen molar-refractivity contribution in [1.82, 2.24) is 20.9 Å². The van der Waals surface area contributed by atoms with Gasteiger partial charge < -0.3 is 20.9 Å². The number of benzene rings is 2. The van der Waals surface area contributed by atoms with Gasteiger partial charge >= 0.3 is 6.03 Å². The minimum absolute atomic E-state index is 0. The monoisotopic (exact) mass is 412 g/mol. The lowest BCUT2D eigenvalue weighted by Crippen LogP contribution is -2.37. The molecule has 0 radical (unpaired) electrons. The number of urea groups is 1. The Bertz CT molecular complexity index is 1020. The molecule has 1 aromatic heterocycles. The summed E-state index contributed by atoms with van der Waals surface area (Å²) in [6, 6.07) is 12.8. The molecule has 30 heavy (non-hydrogen) atoms. The molecule has 0 fully saturated rings. The third-order valence-electron chi connectivity index (χ3n) is 4.52. The van der Waals surface area contributed by atoms with Crippen LogP contribution in [0.2, 0.25) is 0 Å². The highest BCUT2D eigenvalue weighted by atomic mass is 16.5. The van der Waals surface area contributed by atoms with Crippen LogP contribution >= 0.6 is 0 Å². The van der Waals surface area contributed by atoms with E-state index in [9.17, 15) is 4.79 Å². The first-order valence-corrected chi connectivity index (χ1v) is 9.10. The maximum Gasteiger partial charge on any atom is 0.335 e. The highest BCUT2D eigenvalue weighted by Gasteiger charge is 2.14. The van der Waals surface area contributed by atoms with E-state index in [-0.39, 0.29) is 12.8 Å². The minimum Gasteiger partial charge on any atom is -0.496 e. The molecule has 0 atom stereocenters. The van der Waals surface area contributed by atoms with E-state index in [4.69, 9.17) is 15.3 Å². The molecule has 160 valence electrons. The summed E-state index contributed by atoms with van der Waals surface area (Å²) in [6.07, 6.45) is 1.77. The number of aryl methyl sites for hydroxylation is 2. The summed E-state index contributed by atoms with van der Waals surface area (Å²) in [5.74, 6) is 6.85. The smallest absolute Gasteiger partial charge is 0.335 e. The molecular weight excluding hydrogens is 384 g/mol. The number of nitrogens with two attached hydrogens (primary N) is 1. The van der Waals surface area contributed by atoms with Crippen LogP contribution in [0.1, 0.15) is 16.8 Å². The van der Waals surface area contributed by atoms with Gasteiger partial charge in [-0.25, -0.2) is 15.3 Å². The number of hydrazine groups is 1. The number of rotatable bonds is 6. The lowest BCUT2D eigenvalue weighted by Gasteiger charge is -2.18. The van der Waals surface area contributed by atoms with Crippen molar-refractivity contribution in [3.05, 3.63) is 65.5 Å². The van der Waals surface area contributed by atoms with Crippen molar-refractivity contribution < 1.29 is 14.3 Å². The maximum atomic E-state index is 12.0. The SMILES string of the molecule is COc1cccc(NC(=O)N(C)N)c1COc1ccc(-n2nccc2C)cc1C.N. The number of anilines is 1. The highest BCUT2D eigenvalue weighted by Crippen LogP contribution is 2.29. The molecule has 0 bridgehead atoms. The average molecular weight is 412 g/mol. The highest BCUT2D eigenvalue weighted by molar-refractivity contribution is 5.90. The average Bonchev–Trinajstić information content (AvgIpc) is 3.13. The summed E-state index contributed by atoms with van der Waals surface area (Å²) in [4.78, 5) is 12.0. The summed E-state index contributed by atoms with van der Waals surface area (Å²) < 4.78 is 13.4.